The molecular formula is C14H13FN2O4S. The fourth-order valence-corrected chi connectivity index (χ4v) is 4.13. The van der Waals surface area contributed by atoms with Crippen molar-refractivity contribution in [1.82, 2.24) is 9.71 Å². The average Bonchev–Trinajstić information content (AvgIpc) is 3.16. The van der Waals surface area contributed by atoms with Gasteiger partial charge in [-0.3, -0.25) is 9.78 Å². The number of nitrogens with one attached hydrogen (secondary N) is 1. The van der Waals surface area contributed by atoms with Gasteiger partial charge in [0.1, 0.15) is 5.82 Å². The van der Waals surface area contributed by atoms with Gasteiger partial charge in [-0.1, -0.05) is 0 Å². The molecule has 3 rings (SSSR count). The minimum Gasteiger partial charge on any atom is -0.481 e. The van der Waals surface area contributed by atoms with Crippen molar-refractivity contribution in [3.63, 3.8) is 0 Å². The van der Waals surface area contributed by atoms with E-state index < -0.39 is 27.3 Å². The zero-order valence-electron chi connectivity index (χ0n) is 11.4. The first kappa shape index (κ1) is 14.9. The first-order valence-corrected chi connectivity index (χ1v) is 8.09. The molecule has 2 N–H and O–H groups in total. The van der Waals surface area contributed by atoms with Gasteiger partial charge in [0.15, 0.2) is 0 Å². The van der Waals surface area contributed by atoms with Crippen LogP contribution < -0.4 is 4.72 Å². The van der Waals surface area contributed by atoms with Crippen LogP contribution in [0.2, 0.25) is 0 Å². The molecule has 0 saturated heterocycles. The highest BCUT2D eigenvalue weighted by atomic mass is 32.2. The fraction of sp³-hybridized carbons (Fsp3) is 0.286. The predicted molar refractivity (Wildman–Crippen MR) is 76.2 cm³/mol. The zero-order valence-corrected chi connectivity index (χ0v) is 12.2. The van der Waals surface area contributed by atoms with Crippen molar-refractivity contribution in [1.29, 1.82) is 0 Å². The third-order valence-corrected chi connectivity index (χ3v) is 5.35. The Bertz CT molecular complexity index is 862. The van der Waals surface area contributed by atoms with E-state index in [-0.39, 0.29) is 22.1 Å². The van der Waals surface area contributed by atoms with Crippen LogP contribution in [-0.4, -0.2) is 30.0 Å². The number of carbonyl (C=O) groups is 1. The third kappa shape index (κ3) is 2.67. The maximum absolute atomic E-state index is 13.7. The molecule has 8 heteroatoms. The van der Waals surface area contributed by atoms with E-state index in [0.29, 0.717) is 12.8 Å². The van der Waals surface area contributed by atoms with E-state index in [2.05, 4.69) is 9.71 Å². The average molecular weight is 324 g/mol. The van der Waals surface area contributed by atoms with Gasteiger partial charge in [-0.25, -0.2) is 17.5 Å². The Morgan fingerprint density at radius 3 is 2.68 bits per heavy atom. The van der Waals surface area contributed by atoms with Gasteiger partial charge in [0, 0.05) is 28.7 Å². The topological polar surface area (TPSA) is 96.4 Å². The quantitative estimate of drug-likeness (QED) is 0.872. The summed E-state index contributed by atoms with van der Waals surface area (Å²) in [4.78, 5) is 14.6. The molecule has 22 heavy (non-hydrogen) atoms. The van der Waals surface area contributed by atoms with Crippen LogP contribution in [0.4, 0.5) is 4.39 Å². The normalized spacial score (nSPS) is 16.6. The van der Waals surface area contributed by atoms with Crippen molar-refractivity contribution >= 4 is 26.8 Å². The molecule has 2 aromatic rings. The van der Waals surface area contributed by atoms with Crippen LogP contribution in [0.1, 0.15) is 19.3 Å². The van der Waals surface area contributed by atoms with Gasteiger partial charge >= 0.3 is 5.97 Å². The van der Waals surface area contributed by atoms with Gasteiger partial charge < -0.3 is 5.11 Å². The number of benzene rings is 1. The lowest BCUT2D eigenvalue weighted by Crippen LogP contribution is -2.38. The van der Waals surface area contributed by atoms with Crippen molar-refractivity contribution in [3.8, 4) is 0 Å². The number of sulfonamides is 1. The molecule has 1 aromatic heterocycles. The number of aromatic nitrogens is 1. The van der Waals surface area contributed by atoms with E-state index in [9.17, 15) is 17.6 Å². The number of halogens is 1. The van der Waals surface area contributed by atoms with Crippen molar-refractivity contribution in [3.05, 3.63) is 36.4 Å². The summed E-state index contributed by atoms with van der Waals surface area (Å²) >= 11 is 0. The van der Waals surface area contributed by atoms with Crippen LogP contribution in [0.15, 0.2) is 35.5 Å². The van der Waals surface area contributed by atoms with Crippen LogP contribution in [0.3, 0.4) is 0 Å². The number of pyridine rings is 1. The number of carboxylic acids is 1. The number of hydrogen-bond acceptors (Lipinski definition) is 4. The van der Waals surface area contributed by atoms with Crippen LogP contribution in [-0.2, 0) is 14.8 Å². The summed E-state index contributed by atoms with van der Waals surface area (Å²) in [6, 6.07) is 3.66. The lowest BCUT2D eigenvalue weighted by atomic mass is 10.2. The first-order valence-electron chi connectivity index (χ1n) is 6.61. The number of carboxylic acid groups (broad SMARTS) is 1. The summed E-state index contributed by atoms with van der Waals surface area (Å²) in [5.74, 6) is -1.62. The van der Waals surface area contributed by atoms with E-state index in [4.69, 9.17) is 5.11 Å². The molecule has 116 valence electrons. The zero-order chi connectivity index (χ0) is 16.0. The lowest BCUT2D eigenvalue weighted by molar-refractivity contribution is -0.137. The third-order valence-electron chi connectivity index (χ3n) is 3.71. The molecule has 0 aliphatic heterocycles. The van der Waals surface area contributed by atoms with Gasteiger partial charge in [-0.05, 0) is 31.0 Å². The van der Waals surface area contributed by atoms with Crippen LogP contribution in [0.5, 0.6) is 0 Å². The number of nitrogens with zero attached hydrogens (tertiary/aromatic N) is 1. The predicted octanol–water partition coefficient (Wildman–Crippen LogP) is 1.66. The minimum atomic E-state index is -3.95. The molecule has 1 saturated carbocycles. The molecule has 0 amide bonds. The van der Waals surface area contributed by atoms with Gasteiger partial charge in [0.25, 0.3) is 0 Å². The second-order valence-electron chi connectivity index (χ2n) is 5.42. The van der Waals surface area contributed by atoms with E-state index in [0.717, 1.165) is 6.07 Å². The van der Waals surface area contributed by atoms with Crippen LogP contribution in [0.25, 0.3) is 10.8 Å². The smallest absolute Gasteiger partial charge is 0.305 e. The lowest BCUT2D eigenvalue weighted by Gasteiger charge is -2.16. The highest BCUT2D eigenvalue weighted by Gasteiger charge is 2.47. The molecule has 0 radical (unpaired) electrons. The molecule has 6 nitrogen and oxygen atoms in total. The molecule has 1 fully saturated rings. The van der Waals surface area contributed by atoms with Gasteiger partial charge in [-0.2, -0.15) is 0 Å². The van der Waals surface area contributed by atoms with Gasteiger partial charge in [-0.15, -0.1) is 0 Å². The van der Waals surface area contributed by atoms with Crippen molar-refractivity contribution in [2.75, 3.05) is 0 Å². The summed E-state index contributed by atoms with van der Waals surface area (Å²) in [5.41, 5.74) is -0.932. The van der Waals surface area contributed by atoms with Crippen molar-refractivity contribution in [2.24, 2.45) is 0 Å². The second kappa shape index (κ2) is 4.99. The molecular weight excluding hydrogens is 311 g/mol. The van der Waals surface area contributed by atoms with Gasteiger partial charge in [0.2, 0.25) is 10.0 Å². The molecule has 0 atom stereocenters. The fourth-order valence-electron chi connectivity index (χ4n) is 2.46. The SMILES string of the molecule is O=C(O)CC1(NS(=O)(=O)c2ccc(F)c3cnccc23)CC1. The first-order chi connectivity index (χ1) is 10.3. The summed E-state index contributed by atoms with van der Waals surface area (Å²) < 4.78 is 41.3. The molecule has 1 aromatic carbocycles. The largest absolute Gasteiger partial charge is 0.481 e. The number of hydrogen-bond donors (Lipinski definition) is 2. The van der Waals surface area contributed by atoms with Crippen LogP contribution >= 0.6 is 0 Å². The number of fused-ring (bicyclic) bond motifs is 1. The van der Waals surface area contributed by atoms with E-state index in [1.165, 1.54) is 24.5 Å². The number of aliphatic carboxylic acids is 1. The molecule has 1 aliphatic rings. The monoisotopic (exact) mass is 324 g/mol. The highest BCUT2D eigenvalue weighted by Crippen LogP contribution is 2.40. The molecule has 0 unspecified atom stereocenters. The van der Waals surface area contributed by atoms with Crippen LogP contribution in [0, 0.1) is 5.82 Å². The second-order valence-corrected chi connectivity index (χ2v) is 7.07. The van der Waals surface area contributed by atoms with Crippen molar-refractivity contribution < 1.29 is 22.7 Å². The van der Waals surface area contributed by atoms with E-state index in [1.54, 1.807) is 0 Å². The maximum atomic E-state index is 13.7. The Kier molecular flexibility index (Phi) is 3.37. The molecule has 1 heterocycles. The molecule has 0 bridgehead atoms. The summed E-state index contributed by atoms with van der Waals surface area (Å²) in [6.45, 7) is 0. The summed E-state index contributed by atoms with van der Waals surface area (Å²) in [5, 5.41) is 9.19. The Labute approximate surface area is 126 Å². The van der Waals surface area contributed by atoms with Crippen molar-refractivity contribution in [2.45, 2.75) is 29.7 Å². The summed E-state index contributed by atoms with van der Waals surface area (Å²) in [7, 11) is -3.95. The maximum Gasteiger partial charge on any atom is 0.305 e. The van der Waals surface area contributed by atoms with E-state index in [1.807, 2.05) is 0 Å². The Hall–Kier alpha value is -2.06. The molecule has 0 spiro atoms. The Morgan fingerprint density at radius 1 is 1.32 bits per heavy atom. The number of rotatable bonds is 5. The van der Waals surface area contributed by atoms with Gasteiger partial charge in [0.05, 0.1) is 11.3 Å². The minimum absolute atomic E-state index is 0.0806. The highest BCUT2D eigenvalue weighted by molar-refractivity contribution is 7.89. The Morgan fingerprint density at radius 2 is 2.05 bits per heavy atom. The Balaban J connectivity index is 2.04. The standard InChI is InChI=1S/C14H13FN2O4S/c15-11-1-2-12(9-3-6-16-8-10(9)11)22(20,21)17-14(4-5-14)7-13(18)19/h1-3,6,8,17H,4-5,7H2,(H,18,19). The molecule has 1 aliphatic carbocycles. The summed E-state index contributed by atoms with van der Waals surface area (Å²) in [6.07, 6.45) is 3.31. The van der Waals surface area contributed by atoms with E-state index >= 15 is 0 Å².